The molecule has 1 aromatic rings. The van der Waals surface area contributed by atoms with Crippen molar-refractivity contribution >= 4 is 0 Å². The first-order chi connectivity index (χ1) is 8.19. The van der Waals surface area contributed by atoms with Crippen molar-refractivity contribution < 1.29 is 8.78 Å². The van der Waals surface area contributed by atoms with Crippen LogP contribution in [0.5, 0.6) is 0 Å². The smallest absolute Gasteiger partial charge is 0.263 e. The van der Waals surface area contributed by atoms with E-state index < -0.39 is 6.43 Å². The van der Waals surface area contributed by atoms with E-state index in [-0.39, 0.29) is 11.6 Å². The van der Waals surface area contributed by atoms with Crippen LogP contribution in [-0.4, -0.2) is 13.1 Å². The molecule has 0 aliphatic heterocycles. The van der Waals surface area contributed by atoms with Gasteiger partial charge in [0.2, 0.25) is 0 Å². The van der Waals surface area contributed by atoms with Gasteiger partial charge in [0, 0.05) is 31.1 Å². The highest BCUT2D eigenvalue weighted by Gasteiger charge is 2.12. The molecule has 1 aromatic carbocycles. The van der Waals surface area contributed by atoms with Gasteiger partial charge in [-0.25, -0.2) is 8.78 Å². The number of terminal acetylenes is 1. The van der Waals surface area contributed by atoms with Gasteiger partial charge in [-0.15, -0.1) is 12.3 Å². The van der Waals surface area contributed by atoms with Crippen LogP contribution in [0.3, 0.4) is 0 Å². The van der Waals surface area contributed by atoms with Crippen LogP contribution in [0, 0.1) is 12.3 Å². The zero-order chi connectivity index (χ0) is 12.7. The molecule has 0 aliphatic rings. The Labute approximate surface area is 100 Å². The molecule has 0 amide bonds. The van der Waals surface area contributed by atoms with Gasteiger partial charge in [0.05, 0.1) is 0 Å². The second kappa shape index (κ2) is 7.00. The van der Waals surface area contributed by atoms with Gasteiger partial charge in [-0.3, -0.25) is 0 Å². The van der Waals surface area contributed by atoms with Crippen LogP contribution >= 0.6 is 0 Å². The van der Waals surface area contributed by atoms with E-state index in [0.717, 1.165) is 5.56 Å². The molecule has 0 aliphatic carbocycles. The summed E-state index contributed by atoms with van der Waals surface area (Å²) >= 11 is 0. The summed E-state index contributed by atoms with van der Waals surface area (Å²) in [5.74, 6) is 2.50. The second-order valence-electron chi connectivity index (χ2n) is 3.67. The van der Waals surface area contributed by atoms with Gasteiger partial charge in [-0.1, -0.05) is 18.2 Å². The summed E-state index contributed by atoms with van der Waals surface area (Å²) < 4.78 is 25.1. The number of benzene rings is 1. The van der Waals surface area contributed by atoms with Crippen LogP contribution in [0.1, 0.15) is 30.0 Å². The zero-order valence-corrected chi connectivity index (χ0v) is 9.50. The highest BCUT2D eigenvalue weighted by Crippen LogP contribution is 2.22. The Balaban J connectivity index is 2.74. The molecule has 1 unspecified atom stereocenters. The van der Waals surface area contributed by atoms with Crippen molar-refractivity contribution in [1.29, 1.82) is 0 Å². The molecule has 2 nitrogen and oxygen atoms in total. The predicted molar refractivity (Wildman–Crippen MR) is 64.6 cm³/mol. The third-order valence-corrected chi connectivity index (χ3v) is 2.46. The van der Waals surface area contributed by atoms with Gasteiger partial charge in [0.25, 0.3) is 6.43 Å². The molecular formula is C13H16F2N2. The summed E-state index contributed by atoms with van der Waals surface area (Å²) in [5.41, 5.74) is 6.39. The van der Waals surface area contributed by atoms with Crippen LogP contribution in [-0.2, 0) is 0 Å². The molecule has 0 fully saturated rings. The molecule has 3 N–H and O–H groups in total. The van der Waals surface area contributed by atoms with E-state index in [2.05, 4.69) is 11.2 Å². The van der Waals surface area contributed by atoms with Gasteiger partial charge in [0.15, 0.2) is 0 Å². The Hall–Kier alpha value is -1.44. The highest BCUT2D eigenvalue weighted by molar-refractivity contribution is 5.27. The van der Waals surface area contributed by atoms with Crippen molar-refractivity contribution in [3.63, 3.8) is 0 Å². The van der Waals surface area contributed by atoms with E-state index in [0.29, 0.717) is 19.5 Å². The highest BCUT2D eigenvalue weighted by atomic mass is 19.3. The lowest BCUT2D eigenvalue weighted by atomic mass is 10.0. The minimum atomic E-state index is -2.46. The molecule has 0 saturated carbocycles. The second-order valence-corrected chi connectivity index (χ2v) is 3.67. The Morgan fingerprint density at radius 3 is 2.65 bits per heavy atom. The van der Waals surface area contributed by atoms with Crippen molar-refractivity contribution in [2.75, 3.05) is 13.1 Å². The lowest BCUT2D eigenvalue weighted by molar-refractivity contribution is 0.151. The first-order valence-corrected chi connectivity index (χ1v) is 5.44. The van der Waals surface area contributed by atoms with E-state index in [1.807, 2.05) is 0 Å². The molecule has 1 atom stereocenters. The average molecular weight is 238 g/mol. The lowest BCUT2D eigenvalue weighted by Crippen LogP contribution is -2.28. The Morgan fingerprint density at radius 1 is 1.35 bits per heavy atom. The lowest BCUT2D eigenvalue weighted by Gasteiger charge is -2.17. The Kier molecular flexibility index (Phi) is 5.61. The molecular weight excluding hydrogens is 222 g/mol. The van der Waals surface area contributed by atoms with Crippen LogP contribution in [0.15, 0.2) is 24.3 Å². The molecule has 0 bridgehead atoms. The van der Waals surface area contributed by atoms with E-state index in [1.165, 1.54) is 12.1 Å². The van der Waals surface area contributed by atoms with Gasteiger partial charge < -0.3 is 11.1 Å². The van der Waals surface area contributed by atoms with Gasteiger partial charge >= 0.3 is 0 Å². The fourth-order valence-electron chi connectivity index (χ4n) is 1.57. The van der Waals surface area contributed by atoms with E-state index in [4.69, 9.17) is 12.2 Å². The molecule has 17 heavy (non-hydrogen) atoms. The van der Waals surface area contributed by atoms with Crippen molar-refractivity contribution in [3.8, 4) is 12.3 Å². The van der Waals surface area contributed by atoms with Crippen LogP contribution in [0.2, 0.25) is 0 Å². The zero-order valence-electron chi connectivity index (χ0n) is 9.50. The summed E-state index contributed by atoms with van der Waals surface area (Å²) in [5, 5.41) is 3.14. The molecule has 4 heteroatoms. The van der Waals surface area contributed by atoms with Crippen molar-refractivity contribution in [2.24, 2.45) is 5.73 Å². The molecule has 0 spiro atoms. The Morgan fingerprint density at radius 2 is 2.06 bits per heavy atom. The monoisotopic (exact) mass is 238 g/mol. The average Bonchev–Trinajstić information content (AvgIpc) is 2.35. The van der Waals surface area contributed by atoms with Crippen molar-refractivity contribution in [3.05, 3.63) is 35.4 Å². The summed E-state index contributed by atoms with van der Waals surface area (Å²) in [6.45, 7) is 0.967. The van der Waals surface area contributed by atoms with Gasteiger partial charge in [-0.05, 0) is 11.6 Å². The number of nitrogens with two attached hydrogens (primary N) is 1. The summed E-state index contributed by atoms with van der Waals surface area (Å²) in [6, 6.07) is 6.14. The van der Waals surface area contributed by atoms with Crippen molar-refractivity contribution in [1.82, 2.24) is 5.32 Å². The number of hydrogen-bond donors (Lipinski definition) is 2. The number of rotatable bonds is 6. The maximum absolute atomic E-state index is 12.5. The normalized spacial score (nSPS) is 12.4. The van der Waals surface area contributed by atoms with E-state index in [1.54, 1.807) is 12.1 Å². The first kappa shape index (κ1) is 13.6. The number of hydrogen-bond acceptors (Lipinski definition) is 2. The minimum Gasteiger partial charge on any atom is -0.329 e. The quantitative estimate of drug-likeness (QED) is 0.589. The molecule has 92 valence electrons. The largest absolute Gasteiger partial charge is 0.329 e. The van der Waals surface area contributed by atoms with Crippen LogP contribution in [0.4, 0.5) is 8.78 Å². The third-order valence-electron chi connectivity index (χ3n) is 2.46. The maximum Gasteiger partial charge on any atom is 0.263 e. The van der Waals surface area contributed by atoms with Crippen molar-refractivity contribution in [2.45, 2.75) is 18.9 Å². The minimum absolute atomic E-state index is 0.0136. The van der Waals surface area contributed by atoms with Gasteiger partial charge in [0.1, 0.15) is 0 Å². The molecule has 0 heterocycles. The fourth-order valence-corrected chi connectivity index (χ4v) is 1.57. The number of halogens is 2. The molecule has 0 saturated heterocycles. The maximum atomic E-state index is 12.5. The van der Waals surface area contributed by atoms with Crippen LogP contribution in [0.25, 0.3) is 0 Å². The third kappa shape index (κ3) is 4.14. The van der Waals surface area contributed by atoms with E-state index >= 15 is 0 Å². The number of alkyl halides is 2. The predicted octanol–water partition coefficient (Wildman–Crippen LogP) is 2.24. The van der Waals surface area contributed by atoms with Crippen LogP contribution < -0.4 is 11.1 Å². The topological polar surface area (TPSA) is 38.0 Å². The fraction of sp³-hybridized carbons (Fsp3) is 0.385. The molecule has 0 radical (unpaired) electrons. The standard InChI is InChI=1S/C13H16F2N2/c1-2-3-7-17-12(9-16)10-5-4-6-11(8-10)13(14)15/h1,4-6,8,12-13,17H,3,7,9,16H2. The SMILES string of the molecule is C#CCCNC(CN)c1cccc(C(F)F)c1. The molecule has 1 rings (SSSR count). The summed E-state index contributed by atoms with van der Waals surface area (Å²) in [4.78, 5) is 0. The van der Waals surface area contributed by atoms with Gasteiger partial charge in [-0.2, -0.15) is 0 Å². The molecule has 0 aromatic heterocycles. The van der Waals surface area contributed by atoms with E-state index in [9.17, 15) is 8.78 Å². The summed E-state index contributed by atoms with van der Waals surface area (Å²) in [7, 11) is 0. The first-order valence-electron chi connectivity index (χ1n) is 5.44. The summed E-state index contributed by atoms with van der Waals surface area (Å²) in [6.07, 6.45) is 3.27. The number of nitrogens with one attached hydrogen (secondary N) is 1. The Bertz CT molecular complexity index is 385.